The summed E-state index contributed by atoms with van der Waals surface area (Å²) in [5.41, 5.74) is 6.59. The molecule has 0 saturated carbocycles. The Balaban J connectivity index is 2.31. The minimum atomic E-state index is -3.73. The summed E-state index contributed by atoms with van der Waals surface area (Å²) in [5, 5.41) is 0.337. The first-order valence-electron chi connectivity index (χ1n) is 6.03. The molecule has 0 aliphatic heterocycles. The highest BCUT2D eigenvalue weighted by molar-refractivity contribution is 7.93. The Hall–Kier alpha value is -1.95. The van der Waals surface area contributed by atoms with Crippen LogP contribution in [-0.2, 0) is 10.0 Å². The fraction of sp³-hybridized carbons (Fsp3) is 0.231. The smallest absolute Gasteiger partial charge is 0.265 e. The molecule has 6 nitrogen and oxygen atoms in total. The molecule has 0 aromatic carbocycles. The average Bonchev–Trinajstić information content (AvgIpc) is 2.74. The molecule has 0 unspecified atom stereocenters. The van der Waals surface area contributed by atoms with E-state index in [1.54, 1.807) is 0 Å². The maximum Gasteiger partial charge on any atom is 0.265 e. The third kappa shape index (κ3) is 3.78. The predicted molar refractivity (Wildman–Crippen MR) is 82.6 cm³/mol. The number of aromatic nitrogens is 2. The van der Waals surface area contributed by atoms with Crippen molar-refractivity contribution < 1.29 is 8.42 Å². The van der Waals surface area contributed by atoms with E-state index in [1.165, 1.54) is 29.8 Å². The number of hydrogen-bond acceptors (Lipinski definition) is 6. The molecule has 3 N–H and O–H groups in total. The van der Waals surface area contributed by atoms with Crippen molar-refractivity contribution in [3.63, 3.8) is 0 Å². The molecule has 21 heavy (non-hydrogen) atoms. The molecule has 8 heteroatoms. The molecular formula is C13H14N4O2S2. The van der Waals surface area contributed by atoms with Gasteiger partial charge in [-0.15, -0.1) is 11.3 Å². The first-order chi connectivity index (χ1) is 9.92. The van der Waals surface area contributed by atoms with E-state index in [0.717, 1.165) is 10.6 Å². The summed E-state index contributed by atoms with van der Waals surface area (Å²) < 4.78 is 27.0. The second-order valence-corrected chi connectivity index (χ2v) is 7.07. The van der Waals surface area contributed by atoms with E-state index in [9.17, 15) is 8.42 Å². The Bertz CT molecular complexity index is 797. The summed E-state index contributed by atoms with van der Waals surface area (Å²) in [6.07, 6.45) is 2.75. The van der Waals surface area contributed by atoms with Crippen LogP contribution < -0.4 is 10.5 Å². The van der Waals surface area contributed by atoms with Crippen LogP contribution in [0, 0.1) is 25.7 Å². The highest BCUT2D eigenvalue weighted by atomic mass is 32.2. The normalized spacial score (nSPS) is 10.8. The van der Waals surface area contributed by atoms with Gasteiger partial charge in [-0.25, -0.2) is 13.4 Å². The van der Waals surface area contributed by atoms with Gasteiger partial charge >= 0.3 is 0 Å². The minimum Gasteiger partial charge on any atom is -0.320 e. The average molecular weight is 322 g/mol. The number of nitrogens with two attached hydrogens (primary N) is 1. The molecule has 2 aromatic rings. The fourth-order valence-corrected chi connectivity index (χ4v) is 3.51. The van der Waals surface area contributed by atoms with E-state index in [2.05, 4.69) is 26.5 Å². The van der Waals surface area contributed by atoms with Crippen molar-refractivity contribution in [3.8, 4) is 11.8 Å². The summed E-state index contributed by atoms with van der Waals surface area (Å²) in [4.78, 5) is 9.05. The molecule has 110 valence electrons. The molecule has 2 aromatic heterocycles. The van der Waals surface area contributed by atoms with Gasteiger partial charge in [-0.2, -0.15) is 0 Å². The van der Waals surface area contributed by atoms with E-state index in [-0.39, 0.29) is 11.4 Å². The summed E-state index contributed by atoms with van der Waals surface area (Å²) in [5.74, 6) is 5.41. The first-order valence-corrected chi connectivity index (χ1v) is 8.33. The van der Waals surface area contributed by atoms with Gasteiger partial charge < -0.3 is 5.73 Å². The second-order valence-electron chi connectivity index (χ2n) is 4.18. The SMILES string of the molecule is Cc1nc(NS(=O)(=O)c2cncc(C#CCN)c2)sc1C. The number of anilines is 1. The minimum absolute atomic E-state index is 0.0387. The standard InChI is InChI=1S/C13H14N4O2S2/c1-9-10(2)20-13(16-9)17-21(18,19)12-6-11(4-3-5-14)7-15-8-12/h6-8H,5,14H2,1-2H3,(H,16,17). The lowest BCUT2D eigenvalue weighted by Gasteiger charge is -2.04. The Labute approximate surface area is 127 Å². The topological polar surface area (TPSA) is 98.0 Å². The van der Waals surface area contributed by atoms with Gasteiger partial charge in [0.15, 0.2) is 5.13 Å². The van der Waals surface area contributed by atoms with Gasteiger partial charge in [0.1, 0.15) is 4.90 Å². The number of aryl methyl sites for hydroxylation is 2. The van der Waals surface area contributed by atoms with Crippen LogP contribution in [0.2, 0.25) is 0 Å². The molecule has 0 atom stereocenters. The number of nitrogens with zero attached hydrogens (tertiary/aromatic N) is 2. The number of sulfonamides is 1. The van der Waals surface area contributed by atoms with Crippen LogP contribution in [-0.4, -0.2) is 24.9 Å². The summed E-state index contributed by atoms with van der Waals surface area (Å²) >= 11 is 1.29. The lowest BCUT2D eigenvalue weighted by atomic mass is 10.3. The molecule has 0 aliphatic rings. The van der Waals surface area contributed by atoms with Gasteiger partial charge in [-0.1, -0.05) is 11.8 Å². The second kappa shape index (κ2) is 6.22. The van der Waals surface area contributed by atoms with Crippen LogP contribution in [0.1, 0.15) is 16.1 Å². The number of nitrogens with one attached hydrogen (secondary N) is 1. The lowest BCUT2D eigenvalue weighted by molar-refractivity contribution is 0.600. The third-order valence-electron chi connectivity index (χ3n) is 2.61. The maximum atomic E-state index is 12.3. The van der Waals surface area contributed by atoms with Gasteiger partial charge in [0.25, 0.3) is 10.0 Å². The van der Waals surface area contributed by atoms with Crippen LogP contribution in [0.15, 0.2) is 23.4 Å². The van der Waals surface area contributed by atoms with Crippen LogP contribution in [0.5, 0.6) is 0 Å². The van der Waals surface area contributed by atoms with Gasteiger partial charge in [0.2, 0.25) is 0 Å². The van der Waals surface area contributed by atoms with Crippen LogP contribution in [0.25, 0.3) is 0 Å². The van der Waals surface area contributed by atoms with Crippen molar-refractivity contribution in [2.45, 2.75) is 18.7 Å². The first kappa shape index (κ1) is 15.4. The van der Waals surface area contributed by atoms with Gasteiger partial charge in [0, 0.05) is 22.8 Å². The van der Waals surface area contributed by atoms with Crippen molar-refractivity contribution in [1.29, 1.82) is 0 Å². The third-order valence-corrected chi connectivity index (χ3v) is 5.03. The van der Waals surface area contributed by atoms with Crippen LogP contribution in [0.3, 0.4) is 0 Å². The zero-order valence-corrected chi connectivity index (χ0v) is 13.2. The van der Waals surface area contributed by atoms with Crippen molar-refractivity contribution >= 4 is 26.5 Å². The monoisotopic (exact) mass is 322 g/mol. The molecule has 0 amide bonds. The highest BCUT2D eigenvalue weighted by Crippen LogP contribution is 2.24. The van der Waals surface area contributed by atoms with Crippen molar-refractivity contribution in [2.75, 3.05) is 11.3 Å². The highest BCUT2D eigenvalue weighted by Gasteiger charge is 2.17. The number of pyridine rings is 1. The van der Waals surface area contributed by atoms with Gasteiger partial charge in [-0.3, -0.25) is 9.71 Å². The Morgan fingerprint density at radius 3 is 2.76 bits per heavy atom. The maximum absolute atomic E-state index is 12.3. The number of hydrogen-bond donors (Lipinski definition) is 2. The summed E-state index contributed by atoms with van der Waals surface area (Å²) in [7, 11) is -3.73. The van der Waals surface area contributed by atoms with Crippen LogP contribution in [0.4, 0.5) is 5.13 Å². The van der Waals surface area contributed by atoms with Gasteiger partial charge in [-0.05, 0) is 19.9 Å². The molecule has 2 heterocycles. The molecule has 0 spiro atoms. The lowest BCUT2D eigenvalue weighted by Crippen LogP contribution is -2.13. The van der Waals surface area contributed by atoms with E-state index >= 15 is 0 Å². The zero-order valence-electron chi connectivity index (χ0n) is 11.5. The van der Waals surface area contributed by atoms with E-state index in [4.69, 9.17) is 5.73 Å². The zero-order chi connectivity index (χ0) is 15.5. The molecule has 2 rings (SSSR count). The number of thiazole rings is 1. The predicted octanol–water partition coefficient (Wildman–Crippen LogP) is 1.27. The quantitative estimate of drug-likeness (QED) is 0.829. The summed E-state index contributed by atoms with van der Waals surface area (Å²) in [6, 6.07) is 1.45. The van der Waals surface area contributed by atoms with E-state index in [1.807, 2.05) is 13.8 Å². The van der Waals surface area contributed by atoms with Crippen molar-refractivity contribution in [2.24, 2.45) is 5.73 Å². The Morgan fingerprint density at radius 2 is 2.14 bits per heavy atom. The summed E-state index contributed by atoms with van der Waals surface area (Å²) in [6.45, 7) is 3.91. The van der Waals surface area contributed by atoms with Crippen molar-refractivity contribution in [3.05, 3.63) is 34.6 Å². The molecular weight excluding hydrogens is 308 g/mol. The molecule has 0 saturated heterocycles. The molecule has 0 radical (unpaired) electrons. The largest absolute Gasteiger partial charge is 0.320 e. The van der Waals surface area contributed by atoms with E-state index in [0.29, 0.717) is 10.7 Å². The molecule has 0 aliphatic carbocycles. The van der Waals surface area contributed by atoms with Gasteiger partial charge in [0.05, 0.1) is 12.2 Å². The van der Waals surface area contributed by atoms with E-state index < -0.39 is 10.0 Å². The Kier molecular flexibility index (Phi) is 4.57. The fourth-order valence-electron chi connectivity index (χ4n) is 1.48. The molecule has 0 bridgehead atoms. The number of rotatable bonds is 3. The van der Waals surface area contributed by atoms with Crippen LogP contribution >= 0.6 is 11.3 Å². The molecule has 0 fully saturated rings. The Morgan fingerprint density at radius 1 is 1.38 bits per heavy atom. The van der Waals surface area contributed by atoms with Crippen molar-refractivity contribution in [1.82, 2.24) is 9.97 Å².